The number of nitriles is 4. The zero-order valence-corrected chi connectivity index (χ0v) is 80.2. The van der Waals surface area contributed by atoms with E-state index in [4.69, 9.17) is 17.7 Å². The van der Waals surface area contributed by atoms with Crippen LogP contribution in [0.1, 0.15) is 145 Å². The lowest BCUT2D eigenvalue weighted by Crippen LogP contribution is -2.36. The first-order valence-corrected chi connectivity index (χ1v) is 45.7. The van der Waals surface area contributed by atoms with Crippen LogP contribution in [0.15, 0.2) is 260 Å². The van der Waals surface area contributed by atoms with Gasteiger partial charge in [-0.2, -0.15) is 34.7 Å². The van der Waals surface area contributed by atoms with Crippen molar-refractivity contribution < 1.29 is 35.9 Å². The van der Waals surface area contributed by atoms with E-state index >= 15 is 0 Å². The van der Waals surface area contributed by atoms with E-state index in [1.807, 2.05) is 48.5 Å². The van der Waals surface area contributed by atoms with E-state index in [1.54, 1.807) is 0 Å². The highest BCUT2D eigenvalue weighted by molar-refractivity contribution is 6.19. The molecule has 20 rings (SSSR count). The molecule has 0 unspecified atom stereocenters. The quantitative estimate of drug-likeness (QED) is 0.116. The van der Waals surface area contributed by atoms with Crippen LogP contribution in [0, 0.1) is 148 Å². The van der Waals surface area contributed by atoms with Crippen molar-refractivity contribution in [1.29, 1.82) is 21.0 Å². The molecule has 0 spiro atoms. The van der Waals surface area contributed by atoms with Gasteiger partial charge in [-0.15, -0.1) is 0 Å². The Morgan fingerprint density at radius 3 is 0.895 bits per heavy atom. The fourth-order valence-electron chi connectivity index (χ4n) is 19.1. The van der Waals surface area contributed by atoms with E-state index < -0.39 is 0 Å². The maximum absolute atomic E-state index is 9.96. The SMILES string of the molecule is Cc1ccc(-c2ccc(C#N)c3c2oc2c(-c4cc(C(C)C)cc(C)[n+]4C)c(C)ccc23)cc1.Cc1ccc(-c2ccc(C#N)c3c2oc2c(-c4cc(C)c(C)c(C)[n+]4C)c(C)ccc23)cc1.Cc1ccc(-c2ccc(C#N)c3c2oc2c(-c4cc(CC(C)C)cc(C)[n+]4C)c(C)ccc23)cc1.Cc1ccc(-c2ccc(C#N)c3c2oc2c(-c4ccc(C)c[n+]4C)c(C)ccc23)cc1. The van der Waals surface area contributed by atoms with Gasteiger partial charge in [0, 0.05) is 134 Å². The Bertz CT molecular complexity index is 8320. The van der Waals surface area contributed by atoms with Gasteiger partial charge in [-0.05, 0) is 210 Å². The highest BCUT2D eigenvalue weighted by atomic mass is 16.3. The molecule has 0 atom stereocenters. The van der Waals surface area contributed by atoms with Crippen LogP contribution in [0.4, 0.5) is 0 Å². The standard InChI is InChI=1S/C32H31N2O.C31H29N2O.C30H27N2O.C28H23N2O/c1-19(2)15-23-16-22(5)34(6)28(17-23)29-21(4)9-13-27-30-25(18-33)12-14-26(31(30)35-32(27)29)24-10-7-20(3)8-11-24;1-18(2)24-15-21(5)33(6)27(16-24)28-20(4)9-13-26-29-23(17-32)12-14-25(30(29)34-31(26)28)22-10-7-19(3)8-11-22;1-17-7-10-22(11-8-17)24-14-12-23(16-31)28-25-13-9-18(2)27(30(25)33-29(24)28)26-15-19(3)20(4)21(5)32(26)6;1-17-5-9-20(10-6-17)22-13-11-21(15-29)26-23-12-8-19(3)25(28(23)31-27(22)26)24-14-7-18(2)16-30(24)4/h7-14,16-17,19H,15H2,1-6H3;7-16,18H,1-6H3;7-15H,1-6H3;5-14,16H,1-4H3/q4*+1. The van der Waals surface area contributed by atoms with Crippen LogP contribution in [0.5, 0.6) is 0 Å². The van der Waals surface area contributed by atoms with Crippen molar-refractivity contribution in [1.82, 2.24) is 0 Å². The average Bonchev–Trinajstić information content (AvgIpc) is 1.62. The third-order valence-electron chi connectivity index (χ3n) is 27.1. The summed E-state index contributed by atoms with van der Waals surface area (Å²) in [7, 11) is 8.38. The van der Waals surface area contributed by atoms with Crippen LogP contribution in [0.3, 0.4) is 0 Å². The normalized spacial score (nSPS) is 11.4. The number of hydrogen-bond donors (Lipinski definition) is 0. The van der Waals surface area contributed by atoms with Crippen LogP contribution in [0.25, 0.3) is 177 Å². The van der Waals surface area contributed by atoms with Gasteiger partial charge in [0.05, 0.1) is 68.8 Å². The summed E-state index contributed by atoms with van der Waals surface area (Å²) < 4.78 is 35.6. The molecule has 8 aromatic heterocycles. The second kappa shape index (κ2) is 36.0. The summed E-state index contributed by atoms with van der Waals surface area (Å²) in [6, 6.07) is 91.5. The van der Waals surface area contributed by atoms with Crippen molar-refractivity contribution in [3.05, 3.63) is 354 Å². The van der Waals surface area contributed by atoms with Gasteiger partial charge in [0.2, 0.25) is 22.8 Å². The smallest absolute Gasteiger partial charge is 0.216 e. The molecule has 133 heavy (non-hydrogen) atoms. The third kappa shape index (κ3) is 16.3. The minimum absolute atomic E-state index is 0.423. The first-order chi connectivity index (χ1) is 63.9. The highest BCUT2D eigenvalue weighted by Crippen LogP contribution is 2.49. The number of fused-ring (bicyclic) bond motifs is 12. The molecule has 0 aliphatic carbocycles. The molecule has 8 heterocycles. The minimum atomic E-state index is 0.423. The lowest BCUT2D eigenvalue weighted by Gasteiger charge is -2.11. The molecule has 0 fully saturated rings. The van der Waals surface area contributed by atoms with E-state index in [0.29, 0.717) is 34.1 Å². The van der Waals surface area contributed by atoms with Crippen molar-refractivity contribution in [3.8, 4) is 114 Å². The maximum Gasteiger partial charge on any atom is 0.216 e. The van der Waals surface area contributed by atoms with Crippen molar-refractivity contribution in [3.63, 3.8) is 0 Å². The van der Waals surface area contributed by atoms with Crippen LogP contribution in [-0.2, 0) is 34.6 Å². The molecule has 12 aromatic carbocycles. The zero-order chi connectivity index (χ0) is 94.1. The Labute approximate surface area is 779 Å². The molecule has 0 N–H and O–H groups in total. The summed E-state index contributed by atoms with van der Waals surface area (Å²) in [5.41, 5.74) is 45.6. The molecule has 0 aliphatic heterocycles. The molecule has 0 saturated heterocycles. The van der Waals surface area contributed by atoms with Crippen LogP contribution < -0.4 is 18.3 Å². The Morgan fingerprint density at radius 2 is 0.586 bits per heavy atom. The van der Waals surface area contributed by atoms with E-state index in [1.165, 1.54) is 67.2 Å². The Kier molecular flexibility index (Phi) is 24.2. The zero-order valence-electron chi connectivity index (χ0n) is 80.2. The van der Waals surface area contributed by atoms with E-state index in [-0.39, 0.29) is 0 Å². The average molecular weight is 1740 g/mol. The Balaban J connectivity index is 0.000000124. The van der Waals surface area contributed by atoms with E-state index in [0.717, 1.165) is 206 Å². The predicted molar refractivity (Wildman–Crippen MR) is 541 cm³/mol. The number of aromatic nitrogens is 4. The number of pyridine rings is 4. The number of furan rings is 4. The van der Waals surface area contributed by atoms with Crippen molar-refractivity contribution >= 4 is 87.8 Å². The summed E-state index contributed by atoms with van der Waals surface area (Å²) >= 11 is 0. The highest BCUT2D eigenvalue weighted by Gasteiger charge is 2.32. The monoisotopic (exact) mass is 1740 g/mol. The molecule has 12 nitrogen and oxygen atoms in total. The van der Waals surface area contributed by atoms with Gasteiger partial charge in [-0.1, -0.05) is 196 Å². The summed E-state index contributed by atoms with van der Waals surface area (Å²) in [6.07, 6.45) is 3.15. The second-order valence-electron chi connectivity index (χ2n) is 37.1. The van der Waals surface area contributed by atoms with Crippen LogP contribution >= 0.6 is 0 Å². The largest absolute Gasteiger partial charge is 0.454 e. The number of nitrogens with zero attached hydrogens (tertiary/aromatic N) is 8. The van der Waals surface area contributed by atoms with Crippen LogP contribution in [-0.4, -0.2) is 0 Å². The molecule has 20 aromatic rings. The van der Waals surface area contributed by atoms with Crippen molar-refractivity contribution in [2.75, 3.05) is 0 Å². The summed E-state index contributed by atoms with van der Waals surface area (Å²) in [4.78, 5) is 0. The third-order valence-corrected chi connectivity index (χ3v) is 27.1. The number of benzene rings is 12. The van der Waals surface area contributed by atoms with Gasteiger partial charge in [0.25, 0.3) is 0 Å². The topological polar surface area (TPSA) is 163 Å². The van der Waals surface area contributed by atoms with Crippen LogP contribution in [0.2, 0.25) is 0 Å². The van der Waals surface area contributed by atoms with Gasteiger partial charge in [0.15, 0.2) is 23.3 Å². The summed E-state index contributed by atoms with van der Waals surface area (Å²) in [5.74, 6) is 1.00. The molecule has 0 bridgehead atoms. The molecule has 0 aliphatic rings. The van der Waals surface area contributed by atoms with Crippen molar-refractivity contribution in [2.45, 2.75) is 137 Å². The fourth-order valence-corrected chi connectivity index (χ4v) is 19.1. The van der Waals surface area contributed by atoms with Gasteiger partial charge in [0.1, 0.15) is 72.9 Å². The van der Waals surface area contributed by atoms with E-state index in [9.17, 15) is 21.0 Å². The second-order valence-corrected chi connectivity index (χ2v) is 37.1. The molecule has 0 saturated carbocycles. The number of aryl methyl sites for hydroxylation is 13. The molecular formula is C121H110N8O4+4. The summed E-state index contributed by atoms with van der Waals surface area (Å²) in [6.45, 7) is 38.6. The molecule has 12 heteroatoms. The maximum atomic E-state index is 9.96. The lowest BCUT2D eigenvalue weighted by molar-refractivity contribution is -0.667. The molecular weight excluding hydrogens is 1630 g/mol. The fraction of sp³-hybridized carbons (Fsp3) is 0.207. The molecule has 654 valence electrons. The van der Waals surface area contributed by atoms with Crippen molar-refractivity contribution in [2.24, 2.45) is 34.1 Å². The van der Waals surface area contributed by atoms with Gasteiger partial charge in [-0.25, -0.2) is 4.57 Å². The van der Waals surface area contributed by atoms with E-state index in [2.05, 4.69) is 390 Å². The number of rotatable bonds is 11. The lowest BCUT2D eigenvalue weighted by atomic mass is 9.95. The first kappa shape index (κ1) is 89.4. The first-order valence-electron chi connectivity index (χ1n) is 45.7. The number of hydrogen-bond acceptors (Lipinski definition) is 8. The Hall–Kier alpha value is -15.6. The molecule has 0 radical (unpaired) electrons. The van der Waals surface area contributed by atoms with Gasteiger partial charge in [-0.3, -0.25) is 0 Å². The summed E-state index contributed by atoms with van der Waals surface area (Å²) in [5, 5.41) is 47.1. The van der Waals surface area contributed by atoms with Gasteiger partial charge < -0.3 is 17.7 Å². The Morgan fingerprint density at radius 1 is 0.286 bits per heavy atom. The molecule has 0 amide bonds. The minimum Gasteiger partial charge on any atom is -0.454 e. The van der Waals surface area contributed by atoms with Gasteiger partial charge >= 0.3 is 0 Å². The predicted octanol–water partition coefficient (Wildman–Crippen LogP) is 29.1.